The molecule has 31 heavy (non-hydrogen) atoms. The summed E-state index contributed by atoms with van der Waals surface area (Å²) in [6.07, 6.45) is 5.85. The third-order valence-electron chi connectivity index (χ3n) is 6.08. The van der Waals surface area contributed by atoms with Crippen molar-refractivity contribution in [1.29, 1.82) is 0 Å². The number of amides is 2. The summed E-state index contributed by atoms with van der Waals surface area (Å²) in [5, 5.41) is 3.18. The van der Waals surface area contributed by atoms with Crippen molar-refractivity contribution in [3.05, 3.63) is 65.2 Å². The van der Waals surface area contributed by atoms with E-state index in [1.165, 1.54) is 6.42 Å². The molecule has 0 heterocycles. The van der Waals surface area contributed by atoms with E-state index < -0.39 is 6.04 Å². The van der Waals surface area contributed by atoms with Crippen LogP contribution in [0.4, 0.5) is 0 Å². The molecule has 5 heteroatoms. The fourth-order valence-electron chi connectivity index (χ4n) is 4.10. The molecule has 2 aromatic carbocycles. The van der Waals surface area contributed by atoms with E-state index in [-0.39, 0.29) is 24.3 Å². The average Bonchev–Trinajstić information content (AvgIpc) is 2.79. The summed E-state index contributed by atoms with van der Waals surface area (Å²) in [4.78, 5) is 28.0. The first-order chi connectivity index (χ1) is 15.0. The molecular weight excluding hydrogens is 388 g/mol. The minimum absolute atomic E-state index is 0.0574. The summed E-state index contributed by atoms with van der Waals surface area (Å²) in [5.74, 6) is 0.604. The first-order valence-electron chi connectivity index (χ1n) is 11.2. The van der Waals surface area contributed by atoms with Crippen LogP contribution in [0.25, 0.3) is 0 Å². The lowest BCUT2D eigenvalue weighted by Gasteiger charge is -2.31. The Balaban J connectivity index is 1.76. The Morgan fingerprint density at radius 1 is 1.06 bits per heavy atom. The highest BCUT2D eigenvalue weighted by Gasteiger charge is 2.28. The van der Waals surface area contributed by atoms with Gasteiger partial charge in [0.1, 0.15) is 11.8 Å². The van der Waals surface area contributed by atoms with E-state index in [1.807, 2.05) is 62.4 Å². The van der Waals surface area contributed by atoms with Gasteiger partial charge >= 0.3 is 0 Å². The fourth-order valence-corrected chi connectivity index (χ4v) is 4.10. The molecule has 0 aromatic heterocycles. The summed E-state index contributed by atoms with van der Waals surface area (Å²) in [5.41, 5.74) is 3.05. The molecule has 1 fully saturated rings. The predicted octanol–water partition coefficient (Wildman–Crippen LogP) is 4.41. The molecule has 1 aliphatic carbocycles. The minimum Gasteiger partial charge on any atom is -0.497 e. The smallest absolute Gasteiger partial charge is 0.242 e. The van der Waals surface area contributed by atoms with Crippen LogP contribution in [0, 0.1) is 6.92 Å². The molecule has 3 rings (SSSR count). The summed E-state index contributed by atoms with van der Waals surface area (Å²) >= 11 is 0. The van der Waals surface area contributed by atoms with Crippen LogP contribution >= 0.6 is 0 Å². The molecule has 1 saturated carbocycles. The number of rotatable bonds is 8. The van der Waals surface area contributed by atoms with Crippen molar-refractivity contribution >= 4 is 11.8 Å². The summed E-state index contributed by atoms with van der Waals surface area (Å²) in [6.45, 7) is 4.21. The van der Waals surface area contributed by atoms with E-state index in [0.29, 0.717) is 6.54 Å². The summed E-state index contributed by atoms with van der Waals surface area (Å²) in [6, 6.07) is 15.3. The number of hydrogen-bond donors (Lipinski definition) is 1. The minimum atomic E-state index is -0.550. The number of carbonyl (C=O) groups is 2. The number of aryl methyl sites for hydroxylation is 1. The average molecular weight is 423 g/mol. The van der Waals surface area contributed by atoms with Crippen LogP contribution in [-0.2, 0) is 22.6 Å². The van der Waals surface area contributed by atoms with E-state index in [0.717, 1.165) is 48.1 Å². The molecule has 0 aliphatic heterocycles. The third kappa shape index (κ3) is 6.58. The monoisotopic (exact) mass is 422 g/mol. The van der Waals surface area contributed by atoms with Crippen molar-refractivity contribution in [3.8, 4) is 5.75 Å². The van der Waals surface area contributed by atoms with Crippen LogP contribution in [0.1, 0.15) is 55.7 Å². The zero-order valence-electron chi connectivity index (χ0n) is 18.9. The van der Waals surface area contributed by atoms with Gasteiger partial charge in [0.2, 0.25) is 11.8 Å². The highest BCUT2D eigenvalue weighted by Crippen LogP contribution is 2.20. The van der Waals surface area contributed by atoms with Gasteiger partial charge in [0.05, 0.1) is 13.5 Å². The van der Waals surface area contributed by atoms with Crippen molar-refractivity contribution in [2.75, 3.05) is 7.11 Å². The second-order valence-electron chi connectivity index (χ2n) is 8.56. The number of methoxy groups -OCH3 is 1. The van der Waals surface area contributed by atoms with Crippen molar-refractivity contribution in [3.63, 3.8) is 0 Å². The van der Waals surface area contributed by atoms with Crippen molar-refractivity contribution in [2.45, 2.75) is 71.0 Å². The number of benzene rings is 2. The lowest BCUT2D eigenvalue weighted by atomic mass is 9.95. The van der Waals surface area contributed by atoms with Crippen molar-refractivity contribution < 1.29 is 14.3 Å². The standard InChI is InChI=1S/C26H34N2O3/c1-19-12-14-21(15-13-19)17-25(29)28(18-22-8-7-11-24(16-22)31-3)20(2)26(30)27-23-9-5-4-6-10-23/h7-8,11-16,20,23H,4-6,9-10,17-18H2,1-3H3,(H,27,30)/t20-/m1/s1. The number of nitrogens with zero attached hydrogens (tertiary/aromatic N) is 1. The van der Waals surface area contributed by atoms with Crippen LogP contribution in [0.5, 0.6) is 5.75 Å². The third-order valence-corrected chi connectivity index (χ3v) is 6.08. The van der Waals surface area contributed by atoms with Gasteiger partial charge < -0.3 is 15.0 Å². The number of carbonyl (C=O) groups excluding carboxylic acids is 2. The number of ether oxygens (including phenoxy) is 1. The summed E-state index contributed by atoms with van der Waals surface area (Å²) in [7, 11) is 1.62. The van der Waals surface area contributed by atoms with Gasteiger partial charge in [0.25, 0.3) is 0 Å². The first kappa shape index (κ1) is 22.9. The SMILES string of the molecule is COc1cccc(CN(C(=O)Cc2ccc(C)cc2)[C@H](C)C(=O)NC2CCCCC2)c1. The maximum Gasteiger partial charge on any atom is 0.242 e. The quantitative estimate of drug-likeness (QED) is 0.685. The van der Waals surface area contributed by atoms with Crippen LogP contribution in [0.3, 0.4) is 0 Å². The van der Waals surface area contributed by atoms with Crippen LogP contribution in [-0.4, -0.2) is 35.9 Å². The Morgan fingerprint density at radius 3 is 2.45 bits per heavy atom. The molecule has 2 aromatic rings. The van der Waals surface area contributed by atoms with Gasteiger partial charge in [-0.2, -0.15) is 0 Å². The van der Waals surface area contributed by atoms with Crippen molar-refractivity contribution in [2.24, 2.45) is 0 Å². The summed E-state index contributed by atoms with van der Waals surface area (Å²) < 4.78 is 5.33. The zero-order chi connectivity index (χ0) is 22.2. The fraction of sp³-hybridized carbons (Fsp3) is 0.462. The van der Waals surface area contributed by atoms with Gasteiger partial charge in [-0.1, -0.05) is 61.2 Å². The van der Waals surface area contributed by atoms with Gasteiger partial charge in [-0.05, 0) is 49.9 Å². The Kier molecular flexibility index (Phi) is 8.10. The molecule has 1 atom stereocenters. The van der Waals surface area contributed by atoms with E-state index in [2.05, 4.69) is 5.32 Å². The number of hydrogen-bond acceptors (Lipinski definition) is 3. The van der Waals surface area contributed by atoms with E-state index in [4.69, 9.17) is 4.74 Å². The number of nitrogens with one attached hydrogen (secondary N) is 1. The molecule has 0 unspecified atom stereocenters. The molecule has 5 nitrogen and oxygen atoms in total. The maximum atomic E-state index is 13.3. The van der Waals surface area contributed by atoms with Crippen LogP contribution in [0.15, 0.2) is 48.5 Å². The highest BCUT2D eigenvalue weighted by molar-refractivity contribution is 5.88. The van der Waals surface area contributed by atoms with Gasteiger partial charge in [-0.25, -0.2) is 0 Å². The molecule has 1 aliphatic rings. The predicted molar refractivity (Wildman–Crippen MR) is 123 cm³/mol. The molecule has 2 amide bonds. The highest BCUT2D eigenvalue weighted by atomic mass is 16.5. The molecule has 0 radical (unpaired) electrons. The van der Waals surface area contributed by atoms with E-state index in [1.54, 1.807) is 12.0 Å². The Bertz CT molecular complexity index is 872. The van der Waals surface area contributed by atoms with Gasteiger partial charge in [-0.15, -0.1) is 0 Å². The molecule has 1 N–H and O–H groups in total. The normalized spacial score (nSPS) is 15.2. The lowest BCUT2D eigenvalue weighted by Crippen LogP contribution is -2.50. The van der Waals surface area contributed by atoms with Gasteiger partial charge in [0.15, 0.2) is 0 Å². The second-order valence-corrected chi connectivity index (χ2v) is 8.56. The Labute approximate surface area is 185 Å². The Morgan fingerprint density at radius 2 is 1.77 bits per heavy atom. The van der Waals surface area contributed by atoms with E-state index >= 15 is 0 Å². The van der Waals surface area contributed by atoms with Crippen molar-refractivity contribution in [1.82, 2.24) is 10.2 Å². The molecule has 0 spiro atoms. The Hall–Kier alpha value is -2.82. The van der Waals surface area contributed by atoms with Crippen LogP contribution in [0.2, 0.25) is 0 Å². The van der Waals surface area contributed by atoms with E-state index in [9.17, 15) is 9.59 Å². The largest absolute Gasteiger partial charge is 0.497 e. The second kappa shape index (κ2) is 11.0. The lowest BCUT2D eigenvalue weighted by molar-refractivity contribution is -0.140. The van der Waals surface area contributed by atoms with Crippen LogP contribution < -0.4 is 10.1 Å². The molecule has 0 bridgehead atoms. The first-order valence-corrected chi connectivity index (χ1v) is 11.2. The van der Waals surface area contributed by atoms with Gasteiger partial charge in [0, 0.05) is 12.6 Å². The molecule has 166 valence electrons. The molecule has 0 saturated heterocycles. The topological polar surface area (TPSA) is 58.6 Å². The zero-order valence-corrected chi connectivity index (χ0v) is 18.9. The maximum absolute atomic E-state index is 13.3. The van der Waals surface area contributed by atoms with Gasteiger partial charge in [-0.3, -0.25) is 9.59 Å². The molecular formula is C26H34N2O3.